The summed E-state index contributed by atoms with van der Waals surface area (Å²) in [4.78, 5) is 28.0. The molecule has 2 aromatic rings. The maximum atomic E-state index is 12.1. The third-order valence-corrected chi connectivity index (χ3v) is 4.74. The van der Waals surface area contributed by atoms with Crippen LogP contribution in [-0.4, -0.2) is 16.8 Å². The molecule has 2 N–H and O–H groups in total. The zero-order chi connectivity index (χ0) is 16.4. The summed E-state index contributed by atoms with van der Waals surface area (Å²) in [5, 5.41) is 8.51. The number of carbonyl (C=O) groups is 2. The lowest BCUT2D eigenvalue weighted by atomic mass is 10.2. The zero-order valence-electron chi connectivity index (χ0n) is 12.6. The molecule has 5 nitrogen and oxygen atoms in total. The molecule has 0 aliphatic heterocycles. The number of hydrogen-bond acceptors (Lipinski definition) is 4. The van der Waals surface area contributed by atoms with E-state index >= 15 is 0 Å². The fourth-order valence-electron chi connectivity index (χ4n) is 2.04. The van der Waals surface area contributed by atoms with E-state index in [1.54, 1.807) is 17.5 Å². The van der Waals surface area contributed by atoms with Gasteiger partial charge in [0, 0.05) is 22.0 Å². The van der Waals surface area contributed by atoms with Gasteiger partial charge in [-0.15, -0.1) is 11.3 Å². The third-order valence-electron chi connectivity index (χ3n) is 3.53. The van der Waals surface area contributed by atoms with Gasteiger partial charge in [0.15, 0.2) is 5.13 Å². The molecule has 1 heterocycles. The number of anilines is 2. The molecule has 0 spiro atoms. The molecule has 2 amide bonds. The number of thiazole rings is 1. The molecule has 0 saturated heterocycles. The summed E-state index contributed by atoms with van der Waals surface area (Å²) in [5.74, 6) is -0.0168. The summed E-state index contributed by atoms with van der Waals surface area (Å²) < 4.78 is 0. The van der Waals surface area contributed by atoms with Gasteiger partial charge in [-0.1, -0.05) is 17.7 Å². The first-order valence-electron chi connectivity index (χ1n) is 7.32. The summed E-state index contributed by atoms with van der Waals surface area (Å²) in [5.41, 5.74) is 2.25. The number of halogens is 1. The largest absolute Gasteiger partial charge is 0.326 e. The van der Waals surface area contributed by atoms with Gasteiger partial charge in [0.25, 0.3) is 0 Å². The van der Waals surface area contributed by atoms with E-state index in [0.29, 0.717) is 21.5 Å². The Morgan fingerprint density at radius 3 is 2.83 bits per heavy atom. The first-order valence-corrected chi connectivity index (χ1v) is 8.58. The number of nitrogens with one attached hydrogen (secondary N) is 2. The molecule has 1 aliphatic carbocycles. The van der Waals surface area contributed by atoms with Crippen LogP contribution in [0.3, 0.4) is 0 Å². The Balaban J connectivity index is 1.56. The minimum Gasteiger partial charge on any atom is -0.326 e. The number of benzene rings is 1. The van der Waals surface area contributed by atoms with Crippen molar-refractivity contribution in [1.29, 1.82) is 0 Å². The smallest absolute Gasteiger partial charge is 0.230 e. The third kappa shape index (κ3) is 4.30. The number of nitrogens with zero attached hydrogens (tertiary/aromatic N) is 1. The topological polar surface area (TPSA) is 71.1 Å². The van der Waals surface area contributed by atoms with E-state index in [4.69, 9.17) is 11.6 Å². The van der Waals surface area contributed by atoms with Gasteiger partial charge in [-0.2, -0.15) is 0 Å². The summed E-state index contributed by atoms with van der Waals surface area (Å²) in [6, 6.07) is 5.38. The second-order valence-corrected chi connectivity index (χ2v) is 6.86. The predicted molar refractivity (Wildman–Crippen MR) is 92.0 cm³/mol. The van der Waals surface area contributed by atoms with Crippen LogP contribution in [0.4, 0.5) is 10.8 Å². The maximum Gasteiger partial charge on any atom is 0.230 e. The fourth-order valence-corrected chi connectivity index (χ4v) is 2.93. The second kappa shape index (κ2) is 6.68. The number of rotatable bonds is 5. The number of aromatic nitrogens is 1. The van der Waals surface area contributed by atoms with Crippen molar-refractivity contribution in [3.05, 3.63) is 39.9 Å². The summed E-state index contributed by atoms with van der Waals surface area (Å²) >= 11 is 7.37. The van der Waals surface area contributed by atoms with Crippen LogP contribution in [0, 0.1) is 12.8 Å². The Hall–Kier alpha value is -1.92. The fraction of sp³-hybridized carbons (Fsp3) is 0.312. The van der Waals surface area contributed by atoms with Crippen molar-refractivity contribution in [1.82, 2.24) is 4.98 Å². The lowest BCUT2D eigenvalue weighted by Crippen LogP contribution is -2.15. The van der Waals surface area contributed by atoms with Crippen molar-refractivity contribution in [3.63, 3.8) is 0 Å². The van der Waals surface area contributed by atoms with Crippen LogP contribution in [-0.2, 0) is 16.0 Å². The van der Waals surface area contributed by atoms with Crippen molar-refractivity contribution in [3.8, 4) is 0 Å². The Bertz CT molecular complexity index is 756. The molecule has 1 aliphatic rings. The van der Waals surface area contributed by atoms with E-state index in [1.165, 1.54) is 11.3 Å². The SMILES string of the molecule is Cc1ccc(NC(=O)Cc2csc(NC(=O)C3CC3)n2)cc1Cl. The molecule has 23 heavy (non-hydrogen) atoms. The second-order valence-electron chi connectivity index (χ2n) is 5.60. The van der Waals surface area contributed by atoms with E-state index in [1.807, 2.05) is 13.0 Å². The van der Waals surface area contributed by atoms with Gasteiger partial charge in [-0.05, 0) is 37.5 Å². The normalized spacial score (nSPS) is 13.7. The van der Waals surface area contributed by atoms with Gasteiger partial charge in [-0.3, -0.25) is 9.59 Å². The minimum atomic E-state index is -0.171. The van der Waals surface area contributed by atoms with Crippen molar-refractivity contribution in [2.75, 3.05) is 10.6 Å². The number of amides is 2. The van der Waals surface area contributed by atoms with Crippen LogP contribution in [0.1, 0.15) is 24.1 Å². The molecule has 120 valence electrons. The van der Waals surface area contributed by atoms with E-state index in [-0.39, 0.29) is 24.2 Å². The molecular weight excluding hydrogens is 334 g/mol. The Morgan fingerprint density at radius 2 is 2.13 bits per heavy atom. The predicted octanol–water partition coefficient (Wildman–Crippen LogP) is 3.63. The molecule has 0 bridgehead atoms. The minimum absolute atomic E-state index is 0.0182. The van der Waals surface area contributed by atoms with E-state index in [0.717, 1.165) is 18.4 Å². The Kier molecular flexibility index (Phi) is 4.63. The first-order chi connectivity index (χ1) is 11.0. The summed E-state index contributed by atoms with van der Waals surface area (Å²) in [7, 11) is 0. The highest BCUT2D eigenvalue weighted by atomic mass is 35.5. The van der Waals surface area contributed by atoms with E-state index in [9.17, 15) is 9.59 Å². The highest BCUT2D eigenvalue weighted by Gasteiger charge is 2.30. The number of aryl methyl sites for hydroxylation is 1. The van der Waals surface area contributed by atoms with Gasteiger partial charge in [0.1, 0.15) is 0 Å². The van der Waals surface area contributed by atoms with Crippen molar-refractivity contribution >= 4 is 45.6 Å². The molecule has 0 radical (unpaired) electrons. The van der Waals surface area contributed by atoms with E-state index < -0.39 is 0 Å². The van der Waals surface area contributed by atoms with Crippen LogP contribution in [0.5, 0.6) is 0 Å². The highest BCUT2D eigenvalue weighted by Crippen LogP contribution is 2.30. The molecule has 1 aromatic heterocycles. The van der Waals surface area contributed by atoms with Crippen LogP contribution in [0.25, 0.3) is 0 Å². The molecular formula is C16H16ClN3O2S. The van der Waals surface area contributed by atoms with Crippen molar-refractivity contribution < 1.29 is 9.59 Å². The van der Waals surface area contributed by atoms with Crippen LogP contribution < -0.4 is 10.6 Å². The molecule has 1 fully saturated rings. The van der Waals surface area contributed by atoms with Crippen LogP contribution >= 0.6 is 22.9 Å². The van der Waals surface area contributed by atoms with E-state index in [2.05, 4.69) is 15.6 Å². The average molecular weight is 350 g/mol. The molecule has 0 atom stereocenters. The number of hydrogen-bond donors (Lipinski definition) is 2. The lowest BCUT2D eigenvalue weighted by Gasteiger charge is -2.06. The average Bonchev–Trinajstić information content (AvgIpc) is 3.26. The maximum absolute atomic E-state index is 12.1. The van der Waals surface area contributed by atoms with Gasteiger partial charge in [-0.25, -0.2) is 4.98 Å². The first kappa shape index (κ1) is 16.0. The molecule has 7 heteroatoms. The quantitative estimate of drug-likeness (QED) is 0.865. The monoisotopic (exact) mass is 349 g/mol. The molecule has 0 unspecified atom stereocenters. The standard InChI is InChI=1S/C16H16ClN3O2S/c1-9-2-5-11(6-13(9)17)18-14(21)7-12-8-23-16(19-12)20-15(22)10-3-4-10/h2,5-6,8,10H,3-4,7H2,1H3,(H,18,21)(H,19,20,22). The van der Waals surface area contributed by atoms with Gasteiger partial charge in [0.2, 0.25) is 11.8 Å². The Morgan fingerprint density at radius 1 is 1.35 bits per heavy atom. The molecule has 1 saturated carbocycles. The van der Waals surface area contributed by atoms with Gasteiger partial charge in [0.05, 0.1) is 12.1 Å². The summed E-state index contributed by atoms with van der Waals surface area (Å²) in [6.45, 7) is 1.90. The highest BCUT2D eigenvalue weighted by molar-refractivity contribution is 7.13. The Labute approximate surface area is 143 Å². The van der Waals surface area contributed by atoms with Crippen molar-refractivity contribution in [2.45, 2.75) is 26.2 Å². The molecule has 1 aromatic carbocycles. The number of carbonyl (C=O) groups excluding carboxylic acids is 2. The van der Waals surface area contributed by atoms with Crippen LogP contribution in [0.2, 0.25) is 5.02 Å². The van der Waals surface area contributed by atoms with Crippen LogP contribution in [0.15, 0.2) is 23.6 Å². The van der Waals surface area contributed by atoms with Gasteiger partial charge < -0.3 is 10.6 Å². The molecule has 3 rings (SSSR count). The lowest BCUT2D eigenvalue weighted by molar-refractivity contribution is -0.117. The zero-order valence-corrected chi connectivity index (χ0v) is 14.1. The van der Waals surface area contributed by atoms with Gasteiger partial charge >= 0.3 is 0 Å². The summed E-state index contributed by atoms with van der Waals surface area (Å²) in [6.07, 6.45) is 2.05. The van der Waals surface area contributed by atoms with Crippen molar-refractivity contribution in [2.24, 2.45) is 5.92 Å².